The van der Waals surface area contributed by atoms with Crippen molar-refractivity contribution in [2.75, 3.05) is 13.1 Å². The third kappa shape index (κ3) is 2.43. The Morgan fingerprint density at radius 2 is 2.00 bits per heavy atom. The highest BCUT2D eigenvalue weighted by molar-refractivity contribution is 5.93. The third-order valence-electron chi connectivity index (χ3n) is 7.26. The number of aryl methyl sites for hydroxylation is 2. The summed E-state index contributed by atoms with van der Waals surface area (Å²) in [5.41, 5.74) is 2.19. The molecule has 0 N–H and O–H groups in total. The maximum atomic E-state index is 14.5. The number of imidazole rings is 1. The number of nitrogens with zero attached hydrogens (tertiary/aromatic N) is 4. The zero-order chi connectivity index (χ0) is 22.4. The van der Waals surface area contributed by atoms with Crippen LogP contribution in [0.3, 0.4) is 0 Å². The van der Waals surface area contributed by atoms with E-state index in [4.69, 9.17) is 4.74 Å². The van der Waals surface area contributed by atoms with Gasteiger partial charge in [0.2, 0.25) is 0 Å². The Hall–Kier alpha value is -3.42. The first-order valence-electron chi connectivity index (χ1n) is 10.8. The third-order valence-corrected chi connectivity index (χ3v) is 7.26. The average molecular weight is 434 g/mol. The smallest absolute Gasteiger partial charge is 0.275 e. The predicted octanol–water partition coefficient (Wildman–Crippen LogP) is 2.74. The van der Waals surface area contributed by atoms with Crippen molar-refractivity contribution in [1.29, 1.82) is 0 Å². The SMILES string of the molecule is Cc1cc(F)c2c(c1)[C@]1(CN3CCn4c(ccc(-n5cnc(C)c5)c4=O)C3=O)C[C@]1(C)O2. The van der Waals surface area contributed by atoms with Gasteiger partial charge in [0, 0.05) is 37.8 Å². The lowest BCUT2D eigenvalue weighted by Crippen LogP contribution is -2.48. The summed E-state index contributed by atoms with van der Waals surface area (Å²) in [6, 6.07) is 6.83. The molecule has 1 aliphatic carbocycles. The van der Waals surface area contributed by atoms with Crippen molar-refractivity contribution in [1.82, 2.24) is 19.0 Å². The number of fused-ring (bicyclic) bond motifs is 4. The lowest BCUT2D eigenvalue weighted by molar-refractivity contribution is 0.0666. The summed E-state index contributed by atoms with van der Waals surface area (Å²) < 4.78 is 23.7. The maximum absolute atomic E-state index is 14.5. The van der Waals surface area contributed by atoms with E-state index in [1.165, 1.54) is 10.6 Å². The first-order chi connectivity index (χ1) is 15.2. The molecule has 32 heavy (non-hydrogen) atoms. The Labute approximate surface area is 184 Å². The van der Waals surface area contributed by atoms with E-state index in [2.05, 4.69) is 4.98 Å². The molecule has 1 fully saturated rings. The zero-order valence-corrected chi connectivity index (χ0v) is 18.2. The van der Waals surface area contributed by atoms with Gasteiger partial charge in [0.25, 0.3) is 11.5 Å². The molecule has 0 unspecified atom stereocenters. The van der Waals surface area contributed by atoms with Crippen molar-refractivity contribution in [2.24, 2.45) is 0 Å². The molecule has 7 nitrogen and oxygen atoms in total. The molecule has 3 aliphatic rings. The second-order valence-corrected chi connectivity index (χ2v) is 9.42. The van der Waals surface area contributed by atoms with Crippen LogP contribution in [0.2, 0.25) is 0 Å². The minimum absolute atomic E-state index is 0.188. The van der Waals surface area contributed by atoms with Gasteiger partial charge in [-0.3, -0.25) is 9.59 Å². The van der Waals surface area contributed by atoms with E-state index in [9.17, 15) is 14.0 Å². The van der Waals surface area contributed by atoms with Gasteiger partial charge in [-0.1, -0.05) is 6.07 Å². The maximum Gasteiger partial charge on any atom is 0.275 e. The number of aromatic nitrogens is 3. The molecule has 0 radical (unpaired) electrons. The highest BCUT2D eigenvalue weighted by Crippen LogP contribution is 2.67. The fourth-order valence-corrected chi connectivity index (χ4v) is 5.45. The zero-order valence-electron chi connectivity index (χ0n) is 18.2. The molecule has 1 amide bonds. The van der Waals surface area contributed by atoms with Gasteiger partial charge in [-0.15, -0.1) is 0 Å². The highest BCUT2D eigenvalue weighted by Gasteiger charge is 2.73. The fourth-order valence-electron chi connectivity index (χ4n) is 5.45. The number of hydrogen-bond acceptors (Lipinski definition) is 4. The number of pyridine rings is 1. The molecule has 0 bridgehead atoms. The molecule has 1 saturated carbocycles. The molecule has 164 valence electrons. The highest BCUT2D eigenvalue weighted by atomic mass is 19.1. The number of halogens is 1. The normalized spacial score (nSPS) is 25.2. The summed E-state index contributed by atoms with van der Waals surface area (Å²) >= 11 is 0. The van der Waals surface area contributed by atoms with Crippen LogP contribution >= 0.6 is 0 Å². The molecule has 4 heterocycles. The van der Waals surface area contributed by atoms with Gasteiger partial charge in [0.05, 0.1) is 17.4 Å². The van der Waals surface area contributed by atoms with Gasteiger partial charge in [-0.2, -0.15) is 0 Å². The van der Waals surface area contributed by atoms with E-state index in [0.717, 1.165) is 23.2 Å². The number of amides is 1. The standard InChI is InChI=1S/C24H23FN4O3/c1-14-8-16-20(17(25)9-14)32-23(3)11-24(16,23)12-27-6-7-29-19(21(27)30)5-4-18(22(29)31)28-10-15(2)26-13-28/h4-5,8-10,13H,6-7,11-12H2,1-3H3/t23-,24+/m0/s1. The van der Waals surface area contributed by atoms with Gasteiger partial charge >= 0.3 is 0 Å². The van der Waals surface area contributed by atoms with Crippen molar-refractivity contribution in [3.05, 3.63) is 75.5 Å². The van der Waals surface area contributed by atoms with Gasteiger partial charge in [0.1, 0.15) is 17.0 Å². The number of benzene rings is 1. The molecule has 2 aliphatic heterocycles. The Morgan fingerprint density at radius 3 is 2.75 bits per heavy atom. The van der Waals surface area contributed by atoms with Crippen molar-refractivity contribution in [3.8, 4) is 11.4 Å². The molecule has 0 spiro atoms. The summed E-state index contributed by atoms with van der Waals surface area (Å²) in [4.78, 5) is 32.4. The Morgan fingerprint density at radius 1 is 1.19 bits per heavy atom. The number of rotatable bonds is 3. The van der Waals surface area contributed by atoms with Crippen LogP contribution in [0.25, 0.3) is 5.69 Å². The number of hydrogen-bond donors (Lipinski definition) is 0. The van der Waals surface area contributed by atoms with Crippen molar-refractivity contribution in [2.45, 2.75) is 44.8 Å². The summed E-state index contributed by atoms with van der Waals surface area (Å²) in [5, 5.41) is 0. The first-order valence-corrected chi connectivity index (χ1v) is 10.8. The molecule has 2 atom stereocenters. The van der Waals surface area contributed by atoms with E-state index < -0.39 is 11.0 Å². The van der Waals surface area contributed by atoms with Crippen LogP contribution in [0.5, 0.6) is 5.75 Å². The largest absolute Gasteiger partial charge is 0.483 e. The Bertz CT molecular complexity index is 1380. The van der Waals surface area contributed by atoms with Gasteiger partial charge in [-0.05, 0) is 44.5 Å². The van der Waals surface area contributed by atoms with Crippen molar-refractivity contribution >= 4 is 5.91 Å². The Balaban J connectivity index is 1.34. The van der Waals surface area contributed by atoms with E-state index in [1.807, 2.05) is 26.8 Å². The topological polar surface area (TPSA) is 69.4 Å². The Kier molecular flexibility index (Phi) is 3.67. The van der Waals surface area contributed by atoms with Crippen LogP contribution in [0, 0.1) is 19.7 Å². The van der Waals surface area contributed by atoms with Crippen LogP contribution in [0.1, 0.15) is 40.7 Å². The van der Waals surface area contributed by atoms with Crippen LogP contribution in [0.15, 0.2) is 41.6 Å². The van der Waals surface area contributed by atoms with Crippen LogP contribution < -0.4 is 10.3 Å². The second-order valence-electron chi connectivity index (χ2n) is 9.42. The lowest BCUT2D eigenvalue weighted by atomic mass is 9.91. The molecule has 1 aromatic carbocycles. The van der Waals surface area contributed by atoms with Crippen LogP contribution in [0.4, 0.5) is 4.39 Å². The molecule has 8 heteroatoms. The minimum Gasteiger partial charge on any atom is -0.483 e. The molecular formula is C24H23FN4O3. The molecule has 6 rings (SSSR count). The lowest BCUT2D eigenvalue weighted by Gasteiger charge is -2.32. The molecular weight excluding hydrogens is 411 g/mol. The fraction of sp³-hybridized carbons (Fsp3) is 0.375. The van der Waals surface area contributed by atoms with E-state index in [-0.39, 0.29) is 17.3 Å². The summed E-state index contributed by atoms with van der Waals surface area (Å²) in [5.74, 6) is -0.227. The summed E-state index contributed by atoms with van der Waals surface area (Å²) in [6.07, 6.45) is 4.12. The van der Waals surface area contributed by atoms with Gasteiger partial charge in [0.15, 0.2) is 11.6 Å². The number of carbonyl (C=O) groups is 1. The van der Waals surface area contributed by atoms with Crippen LogP contribution in [-0.2, 0) is 12.0 Å². The second kappa shape index (κ2) is 6.09. The monoisotopic (exact) mass is 434 g/mol. The van der Waals surface area contributed by atoms with Crippen molar-refractivity contribution < 1.29 is 13.9 Å². The minimum atomic E-state index is -0.509. The van der Waals surface area contributed by atoms with E-state index >= 15 is 0 Å². The van der Waals surface area contributed by atoms with Gasteiger partial charge < -0.3 is 18.8 Å². The molecule has 3 aromatic rings. The van der Waals surface area contributed by atoms with E-state index in [1.54, 1.807) is 34.1 Å². The average Bonchev–Trinajstić information content (AvgIpc) is 2.99. The van der Waals surface area contributed by atoms with Crippen LogP contribution in [-0.4, -0.2) is 43.6 Å². The summed E-state index contributed by atoms with van der Waals surface area (Å²) in [7, 11) is 0. The predicted molar refractivity (Wildman–Crippen MR) is 115 cm³/mol. The molecule has 2 aromatic heterocycles. The number of carbonyl (C=O) groups excluding carboxylic acids is 1. The summed E-state index contributed by atoms with van der Waals surface area (Å²) in [6.45, 7) is 6.97. The van der Waals surface area contributed by atoms with Gasteiger partial charge in [-0.25, -0.2) is 9.37 Å². The quantitative estimate of drug-likeness (QED) is 0.636. The molecule has 0 saturated heterocycles. The first kappa shape index (κ1) is 19.3. The van der Waals surface area contributed by atoms with E-state index in [0.29, 0.717) is 36.8 Å². The van der Waals surface area contributed by atoms with Crippen molar-refractivity contribution in [3.63, 3.8) is 0 Å². The number of ether oxygens (including phenoxy) is 1.